The number of anilines is 1. The summed E-state index contributed by atoms with van der Waals surface area (Å²) in [7, 11) is 0. The second-order valence-electron chi connectivity index (χ2n) is 3.68. The van der Waals surface area contributed by atoms with Gasteiger partial charge >= 0.3 is 0 Å². The molecule has 0 aromatic carbocycles. The molecular formula is C9H14N4O2S. The van der Waals surface area contributed by atoms with Crippen LogP contribution in [0.25, 0.3) is 0 Å². The molecule has 2 rings (SSSR count). The van der Waals surface area contributed by atoms with E-state index in [1.54, 1.807) is 0 Å². The van der Waals surface area contributed by atoms with Crippen molar-refractivity contribution in [1.29, 1.82) is 0 Å². The smallest absolute Gasteiger partial charge is 0.243 e. The van der Waals surface area contributed by atoms with Gasteiger partial charge < -0.3 is 15.8 Å². The normalized spacial score (nSPS) is 15.0. The lowest BCUT2D eigenvalue weighted by Gasteiger charge is -2.01. The van der Waals surface area contributed by atoms with Gasteiger partial charge in [-0.3, -0.25) is 4.79 Å². The highest BCUT2D eigenvalue weighted by atomic mass is 32.1. The zero-order valence-electron chi connectivity index (χ0n) is 8.81. The fourth-order valence-electron chi connectivity index (χ4n) is 1.22. The molecule has 1 aromatic rings. The van der Waals surface area contributed by atoms with Gasteiger partial charge in [-0.15, -0.1) is 0 Å². The van der Waals surface area contributed by atoms with E-state index in [1.165, 1.54) is 24.4 Å². The first-order valence-corrected chi connectivity index (χ1v) is 5.96. The number of carbonyl (C=O) groups excluding carboxylic acids is 1. The highest BCUT2D eigenvalue weighted by Gasteiger charge is 2.27. The van der Waals surface area contributed by atoms with Gasteiger partial charge in [0.15, 0.2) is 0 Å². The van der Waals surface area contributed by atoms with Gasteiger partial charge in [-0.05, 0) is 12.8 Å². The molecule has 1 aliphatic carbocycles. The van der Waals surface area contributed by atoms with Gasteiger partial charge in [-0.25, -0.2) is 4.98 Å². The van der Waals surface area contributed by atoms with Gasteiger partial charge in [-0.1, -0.05) is 0 Å². The molecule has 0 atom stereocenters. The molecule has 0 spiro atoms. The number of hydrogen-bond donors (Lipinski definition) is 2. The lowest BCUT2D eigenvalue weighted by atomic mass is 10.4. The lowest BCUT2D eigenvalue weighted by Crippen LogP contribution is -2.20. The molecule has 1 aliphatic rings. The van der Waals surface area contributed by atoms with Crippen LogP contribution in [-0.4, -0.2) is 35.0 Å². The topological polar surface area (TPSA) is 90.1 Å². The minimum atomic E-state index is -0.452. The first-order valence-electron chi connectivity index (χ1n) is 5.19. The largest absolute Gasteiger partial charge is 0.370 e. The van der Waals surface area contributed by atoms with Gasteiger partial charge in [0, 0.05) is 24.0 Å². The molecule has 16 heavy (non-hydrogen) atoms. The molecule has 0 saturated heterocycles. The van der Waals surface area contributed by atoms with Crippen LogP contribution in [0.1, 0.15) is 24.6 Å². The van der Waals surface area contributed by atoms with E-state index in [1.807, 2.05) is 0 Å². The van der Waals surface area contributed by atoms with E-state index in [4.69, 9.17) is 10.5 Å². The second-order valence-corrected chi connectivity index (χ2v) is 4.43. The summed E-state index contributed by atoms with van der Waals surface area (Å²) in [4.78, 5) is 14.7. The summed E-state index contributed by atoms with van der Waals surface area (Å²) < 4.78 is 9.26. The number of ether oxygens (including phenoxy) is 1. The van der Waals surface area contributed by atoms with Crippen LogP contribution in [0.3, 0.4) is 0 Å². The van der Waals surface area contributed by atoms with E-state index in [2.05, 4.69) is 14.7 Å². The summed E-state index contributed by atoms with van der Waals surface area (Å²) in [6.45, 7) is 0.999. The number of nitrogens with one attached hydrogen (secondary N) is 1. The Kier molecular flexibility index (Phi) is 3.68. The number of carbonyl (C=O) groups is 1. The van der Waals surface area contributed by atoms with Crippen LogP contribution in [0.4, 0.5) is 5.13 Å². The van der Waals surface area contributed by atoms with Gasteiger partial charge in [0.2, 0.25) is 11.0 Å². The molecule has 88 valence electrons. The van der Waals surface area contributed by atoms with Crippen molar-refractivity contribution >= 4 is 22.6 Å². The van der Waals surface area contributed by atoms with Crippen LogP contribution < -0.4 is 11.1 Å². The zero-order chi connectivity index (χ0) is 11.4. The zero-order valence-corrected chi connectivity index (χ0v) is 9.63. The summed E-state index contributed by atoms with van der Waals surface area (Å²) in [5.41, 5.74) is 4.92. The van der Waals surface area contributed by atoms with E-state index in [-0.39, 0.29) is 6.61 Å². The van der Waals surface area contributed by atoms with Crippen LogP contribution >= 0.6 is 11.5 Å². The van der Waals surface area contributed by atoms with Crippen molar-refractivity contribution < 1.29 is 9.53 Å². The summed E-state index contributed by atoms with van der Waals surface area (Å²) >= 11 is 1.36. The molecule has 0 aliphatic heterocycles. The molecular weight excluding hydrogens is 228 g/mol. The summed E-state index contributed by atoms with van der Waals surface area (Å²) in [5.74, 6) is 1.08. The maximum atomic E-state index is 10.4. The molecule has 1 amide bonds. The molecule has 6 nitrogen and oxygen atoms in total. The number of nitrogens with zero attached hydrogens (tertiary/aromatic N) is 2. The van der Waals surface area contributed by atoms with E-state index >= 15 is 0 Å². The minimum absolute atomic E-state index is 0.0366. The van der Waals surface area contributed by atoms with Crippen molar-refractivity contribution in [3.63, 3.8) is 0 Å². The van der Waals surface area contributed by atoms with Gasteiger partial charge in [0.25, 0.3) is 0 Å². The predicted octanol–water partition coefficient (Wildman–Crippen LogP) is 0.329. The number of amides is 1. The predicted molar refractivity (Wildman–Crippen MR) is 60.4 cm³/mol. The number of nitrogens with two attached hydrogens (primary N) is 1. The number of hydrogen-bond acceptors (Lipinski definition) is 6. The second kappa shape index (κ2) is 5.22. The summed E-state index contributed by atoms with van der Waals surface area (Å²) in [6, 6.07) is 0. The average Bonchev–Trinajstić information content (AvgIpc) is 2.99. The van der Waals surface area contributed by atoms with E-state index < -0.39 is 5.91 Å². The lowest BCUT2D eigenvalue weighted by molar-refractivity contribution is -0.122. The third kappa shape index (κ3) is 3.42. The molecule has 3 N–H and O–H groups in total. The third-order valence-electron chi connectivity index (χ3n) is 2.15. The Balaban J connectivity index is 1.63. The maximum Gasteiger partial charge on any atom is 0.243 e. The van der Waals surface area contributed by atoms with E-state index in [0.717, 1.165) is 11.0 Å². The van der Waals surface area contributed by atoms with Crippen LogP contribution in [0.15, 0.2) is 0 Å². The Morgan fingerprint density at radius 1 is 1.62 bits per heavy atom. The summed E-state index contributed by atoms with van der Waals surface area (Å²) in [5, 5.41) is 3.90. The van der Waals surface area contributed by atoms with Gasteiger partial charge in [-0.2, -0.15) is 4.37 Å². The fraction of sp³-hybridized carbons (Fsp3) is 0.667. The van der Waals surface area contributed by atoms with Crippen molar-refractivity contribution in [3.05, 3.63) is 5.82 Å². The van der Waals surface area contributed by atoms with E-state index in [0.29, 0.717) is 19.1 Å². The van der Waals surface area contributed by atoms with Crippen molar-refractivity contribution in [3.8, 4) is 0 Å². The molecule has 1 fully saturated rings. The first kappa shape index (κ1) is 11.3. The number of rotatable bonds is 7. The first-order chi connectivity index (χ1) is 7.75. The molecule has 0 radical (unpaired) electrons. The van der Waals surface area contributed by atoms with Crippen molar-refractivity contribution in [2.24, 2.45) is 5.73 Å². The third-order valence-corrected chi connectivity index (χ3v) is 2.84. The van der Waals surface area contributed by atoms with Crippen molar-refractivity contribution in [2.45, 2.75) is 18.8 Å². The highest BCUT2D eigenvalue weighted by Crippen LogP contribution is 2.39. The fourth-order valence-corrected chi connectivity index (χ4v) is 1.89. The van der Waals surface area contributed by atoms with Crippen molar-refractivity contribution in [2.75, 3.05) is 25.1 Å². The standard InChI is InChI=1S/C9H14N4O2S/c10-7(14)5-15-4-3-11-9-12-8(13-16-9)6-1-2-6/h6H,1-5H2,(H2,10,14)(H,11,12,13). The SMILES string of the molecule is NC(=O)COCCNc1nc(C2CC2)ns1. The quantitative estimate of drug-likeness (QED) is 0.672. The van der Waals surface area contributed by atoms with Gasteiger partial charge in [0.1, 0.15) is 12.4 Å². The van der Waals surface area contributed by atoms with Crippen LogP contribution in [0, 0.1) is 0 Å². The monoisotopic (exact) mass is 242 g/mol. The maximum absolute atomic E-state index is 10.4. The Labute approximate surface area is 97.4 Å². The Morgan fingerprint density at radius 2 is 2.44 bits per heavy atom. The van der Waals surface area contributed by atoms with Crippen LogP contribution in [0.5, 0.6) is 0 Å². The average molecular weight is 242 g/mol. The molecule has 1 aromatic heterocycles. The minimum Gasteiger partial charge on any atom is -0.370 e. The molecule has 0 bridgehead atoms. The number of primary amides is 1. The van der Waals surface area contributed by atoms with Crippen molar-refractivity contribution in [1.82, 2.24) is 9.36 Å². The van der Waals surface area contributed by atoms with Crippen LogP contribution in [-0.2, 0) is 9.53 Å². The Morgan fingerprint density at radius 3 is 3.12 bits per heavy atom. The highest BCUT2D eigenvalue weighted by molar-refractivity contribution is 7.09. The van der Waals surface area contributed by atoms with Gasteiger partial charge in [0.05, 0.1) is 6.61 Å². The van der Waals surface area contributed by atoms with Crippen LogP contribution in [0.2, 0.25) is 0 Å². The molecule has 1 heterocycles. The summed E-state index contributed by atoms with van der Waals surface area (Å²) in [6.07, 6.45) is 2.41. The van der Waals surface area contributed by atoms with E-state index in [9.17, 15) is 4.79 Å². The molecule has 1 saturated carbocycles. The molecule has 7 heteroatoms. The molecule has 0 unspecified atom stereocenters. The Hall–Kier alpha value is -1.21. The number of aromatic nitrogens is 2. The Bertz CT molecular complexity index is 364.